The molecule has 2 heterocycles. The van der Waals surface area contributed by atoms with Crippen LogP contribution in [0.3, 0.4) is 0 Å². The van der Waals surface area contributed by atoms with Crippen LogP contribution in [-0.2, 0) is 23.8 Å². The van der Waals surface area contributed by atoms with Crippen molar-refractivity contribution in [2.45, 2.75) is 128 Å². The van der Waals surface area contributed by atoms with Crippen molar-refractivity contribution >= 4 is 11.9 Å². The van der Waals surface area contributed by atoms with Crippen LogP contribution in [0.2, 0.25) is 0 Å². The minimum Gasteiger partial charge on any atom is -0.457 e. The van der Waals surface area contributed by atoms with Crippen molar-refractivity contribution in [2.24, 2.45) is 11.8 Å². The van der Waals surface area contributed by atoms with Crippen molar-refractivity contribution in [2.75, 3.05) is 0 Å². The van der Waals surface area contributed by atoms with Gasteiger partial charge in [0.1, 0.15) is 17.8 Å². The second-order valence-corrected chi connectivity index (χ2v) is 11.7. The van der Waals surface area contributed by atoms with Crippen LogP contribution < -0.4 is 0 Å². The molecule has 0 aliphatic carbocycles. The zero-order valence-corrected chi connectivity index (χ0v) is 24.4. The number of carbonyl (C=O) groups is 2. The van der Waals surface area contributed by atoms with Gasteiger partial charge < -0.3 is 34.6 Å². The molecule has 39 heavy (non-hydrogen) atoms. The zero-order valence-electron chi connectivity index (χ0n) is 24.4. The van der Waals surface area contributed by atoms with E-state index in [2.05, 4.69) is 0 Å². The van der Waals surface area contributed by atoms with Gasteiger partial charge in [0.05, 0.1) is 36.4 Å². The van der Waals surface area contributed by atoms with E-state index in [1.54, 1.807) is 44.2 Å². The summed E-state index contributed by atoms with van der Waals surface area (Å²) >= 11 is 0. The van der Waals surface area contributed by atoms with Gasteiger partial charge >= 0.3 is 11.9 Å². The number of aliphatic hydroxyl groups is 4. The summed E-state index contributed by atoms with van der Waals surface area (Å²) in [7, 11) is 0. The molecule has 0 aromatic heterocycles. The lowest BCUT2D eigenvalue weighted by molar-refractivity contribution is -0.157. The molecule has 1 fully saturated rings. The standard InChI is InChI=1S/C30H48O9/c1-8-23(33)20(4)28-24(38-28)17-29(6,35)14-9-10-18(2)27-19(3)11-12-25(37-21(5)31)30(7,36)15-13-22(32)16-26(34)39-27/h9-12,14,19-20,22-25,27-28,32-33,35-36H,8,13,15-17H2,1-7H3/b12-11+,14-9+,18-10+/t19-,20+,22+,23-,24-,25-,27+,28+,29-,30+/m0/s1. The number of esters is 2. The molecular formula is C30H48O9. The van der Waals surface area contributed by atoms with Gasteiger partial charge in [-0.25, -0.2) is 0 Å². The summed E-state index contributed by atoms with van der Waals surface area (Å²) in [6.45, 7) is 12.0. The van der Waals surface area contributed by atoms with Crippen LogP contribution in [0, 0.1) is 11.8 Å². The van der Waals surface area contributed by atoms with Crippen molar-refractivity contribution in [3.8, 4) is 0 Å². The van der Waals surface area contributed by atoms with Gasteiger partial charge in [-0.05, 0) is 51.7 Å². The number of aliphatic hydroxyl groups excluding tert-OH is 2. The van der Waals surface area contributed by atoms with Gasteiger partial charge in [0.25, 0.3) is 0 Å². The topological polar surface area (TPSA) is 146 Å². The summed E-state index contributed by atoms with van der Waals surface area (Å²) < 4.78 is 16.8. The molecule has 0 amide bonds. The summed E-state index contributed by atoms with van der Waals surface area (Å²) in [5.41, 5.74) is -1.87. The van der Waals surface area contributed by atoms with Gasteiger partial charge in [0.2, 0.25) is 0 Å². The van der Waals surface area contributed by atoms with Gasteiger partial charge in [-0.1, -0.05) is 45.1 Å². The maximum Gasteiger partial charge on any atom is 0.309 e. The van der Waals surface area contributed by atoms with Gasteiger partial charge in [-0.15, -0.1) is 0 Å². The van der Waals surface area contributed by atoms with Crippen LogP contribution in [0.15, 0.2) is 36.0 Å². The Hall–Kier alpha value is -2.04. The van der Waals surface area contributed by atoms with E-state index in [0.717, 1.165) is 0 Å². The summed E-state index contributed by atoms with van der Waals surface area (Å²) in [5, 5.41) is 42.2. The highest BCUT2D eigenvalue weighted by Crippen LogP contribution is 2.37. The predicted molar refractivity (Wildman–Crippen MR) is 146 cm³/mol. The molecule has 10 atom stereocenters. The maximum absolute atomic E-state index is 12.6. The van der Waals surface area contributed by atoms with E-state index >= 15 is 0 Å². The first-order valence-corrected chi connectivity index (χ1v) is 13.9. The highest BCUT2D eigenvalue weighted by Gasteiger charge is 2.47. The number of carbonyl (C=O) groups excluding carboxylic acids is 2. The molecule has 9 heteroatoms. The molecule has 0 unspecified atom stereocenters. The molecule has 4 N–H and O–H groups in total. The van der Waals surface area contributed by atoms with Crippen LogP contribution in [0.5, 0.6) is 0 Å². The second kappa shape index (κ2) is 14.0. The molecule has 2 aliphatic rings. The number of cyclic esters (lactones) is 1. The average Bonchev–Trinajstić information content (AvgIpc) is 3.59. The molecule has 0 bridgehead atoms. The molecule has 9 nitrogen and oxygen atoms in total. The van der Waals surface area contributed by atoms with Crippen LogP contribution in [0.1, 0.15) is 80.6 Å². The summed E-state index contributed by atoms with van der Waals surface area (Å²) in [4.78, 5) is 24.3. The highest BCUT2D eigenvalue weighted by atomic mass is 16.6. The number of rotatable bonds is 9. The number of ether oxygens (including phenoxy) is 3. The molecule has 0 radical (unpaired) electrons. The first-order chi connectivity index (χ1) is 18.1. The highest BCUT2D eigenvalue weighted by molar-refractivity contribution is 5.70. The van der Waals surface area contributed by atoms with E-state index in [1.165, 1.54) is 13.8 Å². The van der Waals surface area contributed by atoms with E-state index in [-0.39, 0.29) is 43.3 Å². The third-order valence-electron chi connectivity index (χ3n) is 7.66. The normalized spacial score (nSPS) is 36.6. The first kappa shape index (κ1) is 33.2. The van der Waals surface area contributed by atoms with E-state index in [1.807, 2.05) is 20.8 Å². The van der Waals surface area contributed by atoms with Crippen LogP contribution in [0.25, 0.3) is 0 Å². The van der Waals surface area contributed by atoms with E-state index < -0.39 is 47.6 Å². The number of hydrogen-bond donors (Lipinski definition) is 4. The van der Waals surface area contributed by atoms with Gasteiger partial charge in [-0.2, -0.15) is 0 Å². The summed E-state index contributed by atoms with van der Waals surface area (Å²) in [6.07, 6.45) is 6.23. The summed E-state index contributed by atoms with van der Waals surface area (Å²) in [6, 6.07) is 0. The van der Waals surface area contributed by atoms with Gasteiger partial charge in [0, 0.05) is 25.2 Å². The number of hydrogen-bond acceptors (Lipinski definition) is 9. The lowest BCUT2D eigenvalue weighted by atomic mass is 9.88. The van der Waals surface area contributed by atoms with E-state index in [4.69, 9.17) is 14.2 Å². The van der Waals surface area contributed by atoms with E-state index in [0.29, 0.717) is 18.4 Å². The Morgan fingerprint density at radius 1 is 1.33 bits per heavy atom. The van der Waals surface area contributed by atoms with Gasteiger partial charge in [-0.3, -0.25) is 9.59 Å². The van der Waals surface area contributed by atoms with Crippen LogP contribution in [0.4, 0.5) is 0 Å². The fraction of sp³-hybridized carbons (Fsp3) is 0.733. The van der Waals surface area contributed by atoms with E-state index in [9.17, 15) is 30.0 Å². The lowest BCUT2D eigenvalue weighted by Gasteiger charge is -2.32. The SMILES string of the molecule is CC[C@H](O)[C@@H](C)[C@H]1O[C@H]1C[C@@](C)(O)/C=C/C=C(\C)[C@H]1OC(=O)C[C@H](O)CC[C@@](C)(O)[C@@H](OC(C)=O)/C=C/[C@@H]1C. The zero-order chi connectivity index (χ0) is 29.5. The Kier molecular flexibility index (Phi) is 11.9. The minimum atomic E-state index is -1.43. The van der Waals surface area contributed by atoms with Crippen molar-refractivity contribution in [3.05, 3.63) is 36.0 Å². The number of allylic oxidation sites excluding steroid dienone is 2. The fourth-order valence-electron chi connectivity index (χ4n) is 4.98. The Labute approximate surface area is 232 Å². The van der Waals surface area contributed by atoms with Crippen molar-refractivity contribution < 1.29 is 44.2 Å². The van der Waals surface area contributed by atoms with Crippen LogP contribution >= 0.6 is 0 Å². The van der Waals surface area contributed by atoms with Crippen molar-refractivity contribution in [1.29, 1.82) is 0 Å². The van der Waals surface area contributed by atoms with Gasteiger partial charge in [0.15, 0.2) is 0 Å². The second-order valence-electron chi connectivity index (χ2n) is 11.7. The quantitative estimate of drug-likeness (QED) is 0.147. The van der Waals surface area contributed by atoms with Crippen LogP contribution in [-0.4, -0.2) is 80.2 Å². The molecule has 2 rings (SSSR count). The summed E-state index contributed by atoms with van der Waals surface area (Å²) in [5.74, 6) is -1.46. The smallest absolute Gasteiger partial charge is 0.309 e. The Bertz CT molecular complexity index is 919. The maximum atomic E-state index is 12.6. The Balaban J connectivity index is 2.18. The Morgan fingerprint density at radius 2 is 2.00 bits per heavy atom. The van der Waals surface area contributed by atoms with Crippen molar-refractivity contribution in [3.63, 3.8) is 0 Å². The molecule has 0 aromatic rings. The third-order valence-corrected chi connectivity index (χ3v) is 7.66. The molecule has 0 aromatic carbocycles. The molecule has 222 valence electrons. The van der Waals surface area contributed by atoms with Crippen molar-refractivity contribution in [1.82, 2.24) is 0 Å². The number of epoxide rings is 1. The fourth-order valence-corrected chi connectivity index (χ4v) is 4.98. The Morgan fingerprint density at radius 3 is 2.62 bits per heavy atom. The molecule has 2 aliphatic heterocycles. The third kappa shape index (κ3) is 10.5. The molecule has 0 spiro atoms. The first-order valence-electron chi connectivity index (χ1n) is 13.9. The monoisotopic (exact) mass is 552 g/mol. The molecule has 0 saturated carbocycles. The minimum absolute atomic E-state index is 0.00472. The average molecular weight is 553 g/mol. The predicted octanol–water partition coefficient (Wildman–Crippen LogP) is 3.14. The molecule has 1 saturated heterocycles. The largest absolute Gasteiger partial charge is 0.457 e. The lowest BCUT2D eigenvalue weighted by Crippen LogP contribution is -2.42. The molecular weight excluding hydrogens is 504 g/mol.